The topological polar surface area (TPSA) is 3.24 Å². The van der Waals surface area contributed by atoms with Crippen molar-refractivity contribution in [2.45, 2.75) is 108 Å². The summed E-state index contributed by atoms with van der Waals surface area (Å²) in [6.45, 7) is 14.7. The van der Waals surface area contributed by atoms with Crippen LogP contribution in [0, 0.1) is 23.7 Å². The highest BCUT2D eigenvalue weighted by Gasteiger charge is 2.62. The average Bonchev–Trinajstić information content (AvgIpc) is 3.65. The molecule has 0 heterocycles. The van der Waals surface area contributed by atoms with Crippen molar-refractivity contribution in [3.8, 4) is 33.4 Å². The number of nitrogens with zero attached hydrogens (tertiary/aromatic N) is 1. The predicted molar refractivity (Wildman–Crippen MR) is 243 cm³/mol. The van der Waals surface area contributed by atoms with Gasteiger partial charge in [-0.05, 0) is 177 Å². The number of hydrogen-bond acceptors (Lipinski definition) is 1. The lowest BCUT2D eigenvalue weighted by atomic mass is 9.42. The fourth-order valence-corrected chi connectivity index (χ4v) is 14.4. The molecular formula is C57H57N. The van der Waals surface area contributed by atoms with E-state index < -0.39 is 0 Å². The molecule has 0 atom stereocenters. The molecule has 4 fully saturated rings. The van der Waals surface area contributed by atoms with E-state index in [-0.39, 0.29) is 21.7 Å². The zero-order chi connectivity index (χ0) is 39.3. The van der Waals surface area contributed by atoms with Gasteiger partial charge in [-0.2, -0.15) is 0 Å². The molecule has 0 unspecified atom stereocenters. The number of anilines is 3. The van der Waals surface area contributed by atoms with E-state index in [1.54, 1.807) is 11.1 Å². The second-order valence-corrected chi connectivity index (χ2v) is 21.2. The van der Waals surface area contributed by atoms with Crippen molar-refractivity contribution in [1.82, 2.24) is 0 Å². The van der Waals surface area contributed by atoms with Crippen molar-refractivity contribution in [3.63, 3.8) is 0 Å². The Hall–Kier alpha value is -4.88. The van der Waals surface area contributed by atoms with Crippen molar-refractivity contribution in [3.05, 3.63) is 161 Å². The first kappa shape index (κ1) is 35.1. The second-order valence-electron chi connectivity index (χ2n) is 21.2. The van der Waals surface area contributed by atoms with Gasteiger partial charge in [0.15, 0.2) is 0 Å². The van der Waals surface area contributed by atoms with Crippen molar-refractivity contribution >= 4 is 17.1 Å². The maximum atomic E-state index is 2.61. The van der Waals surface area contributed by atoms with Crippen LogP contribution in [0.2, 0.25) is 0 Å². The van der Waals surface area contributed by atoms with Crippen molar-refractivity contribution in [2.24, 2.45) is 23.7 Å². The largest absolute Gasteiger partial charge is 0.310 e. The zero-order valence-corrected chi connectivity index (χ0v) is 35.3. The molecule has 0 aliphatic heterocycles. The fourth-order valence-electron chi connectivity index (χ4n) is 14.4. The lowest BCUT2D eigenvalue weighted by Crippen LogP contribution is -2.55. The molecule has 6 aromatic carbocycles. The van der Waals surface area contributed by atoms with Crippen LogP contribution in [0.4, 0.5) is 17.1 Å². The zero-order valence-electron chi connectivity index (χ0n) is 35.3. The monoisotopic (exact) mass is 755 g/mol. The molecule has 0 aromatic heterocycles. The Morgan fingerprint density at radius 2 is 0.983 bits per heavy atom. The van der Waals surface area contributed by atoms with Crippen molar-refractivity contribution in [2.75, 3.05) is 4.90 Å². The molecule has 0 amide bonds. The molecule has 4 bridgehead atoms. The standard InChI is InChI=1S/C57H57N/c1-54(2)27-28-55(3,4)53-49(54)19-12-20-51(53)58(41-25-26-45-43-13-7-9-17-47(43)56(5,6)50(45)34-41)40-23-21-37(22-24-40)42-15-11-16-46-44-14-8-10-18-48(44)57(52(42)46)38-30-35-29-36(32-38)33-39(57)31-35/h7-26,34-36,38-39H,27-33H2,1-6H3. The van der Waals surface area contributed by atoms with Gasteiger partial charge in [0.25, 0.3) is 0 Å². The summed E-state index contributed by atoms with van der Waals surface area (Å²) in [4.78, 5) is 2.61. The normalized spacial score (nSPS) is 26.8. The van der Waals surface area contributed by atoms with Crippen LogP contribution in [-0.4, -0.2) is 0 Å². The Balaban J connectivity index is 1.03. The third-order valence-electron chi connectivity index (χ3n) is 16.9. The molecule has 1 nitrogen and oxygen atoms in total. The van der Waals surface area contributed by atoms with Gasteiger partial charge in [0.1, 0.15) is 0 Å². The van der Waals surface area contributed by atoms with E-state index in [0.717, 1.165) is 23.7 Å². The predicted octanol–water partition coefficient (Wildman–Crippen LogP) is 15.2. The van der Waals surface area contributed by atoms with Crippen molar-refractivity contribution in [1.29, 1.82) is 0 Å². The first-order valence-electron chi connectivity index (χ1n) is 22.5. The van der Waals surface area contributed by atoms with Crippen LogP contribution in [0.15, 0.2) is 127 Å². The highest BCUT2D eigenvalue weighted by molar-refractivity contribution is 5.91. The Morgan fingerprint density at radius 1 is 0.431 bits per heavy atom. The van der Waals surface area contributed by atoms with Crippen LogP contribution < -0.4 is 4.90 Å². The molecule has 0 N–H and O–H groups in total. The molecule has 13 rings (SSSR count). The maximum absolute atomic E-state index is 2.61. The Labute approximate surface area is 346 Å². The third kappa shape index (κ3) is 4.60. The van der Waals surface area contributed by atoms with Crippen LogP contribution in [0.1, 0.15) is 120 Å². The number of hydrogen-bond donors (Lipinski definition) is 0. The quantitative estimate of drug-likeness (QED) is 0.173. The van der Waals surface area contributed by atoms with E-state index in [1.807, 2.05) is 0 Å². The van der Waals surface area contributed by atoms with Gasteiger partial charge in [-0.15, -0.1) is 0 Å². The summed E-state index contributed by atoms with van der Waals surface area (Å²) < 4.78 is 0. The molecule has 0 radical (unpaired) electrons. The van der Waals surface area contributed by atoms with Gasteiger partial charge < -0.3 is 4.90 Å². The smallest absolute Gasteiger partial charge is 0.0502 e. The lowest BCUT2D eigenvalue weighted by Gasteiger charge is -2.61. The van der Waals surface area contributed by atoms with E-state index in [4.69, 9.17) is 0 Å². The van der Waals surface area contributed by atoms with Gasteiger partial charge in [-0.25, -0.2) is 0 Å². The third-order valence-corrected chi connectivity index (χ3v) is 16.9. The highest BCUT2D eigenvalue weighted by atomic mass is 15.1. The molecule has 290 valence electrons. The summed E-state index contributed by atoms with van der Waals surface area (Å²) in [7, 11) is 0. The fraction of sp³-hybridized carbons (Fsp3) is 0.368. The van der Waals surface area contributed by atoms with Crippen LogP contribution in [0.3, 0.4) is 0 Å². The number of fused-ring (bicyclic) bond motifs is 7. The van der Waals surface area contributed by atoms with E-state index in [1.165, 1.54) is 118 Å². The van der Waals surface area contributed by atoms with Crippen LogP contribution in [0.25, 0.3) is 33.4 Å². The van der Waals surface area contributed by atoms with Gasteiger partial charge in [-0.3, -0.25) is 0 Å². The van der Waals surface area contributed by atoms with Gasteiger partial charge in [0.2, 0.25) is 0 Å². The minimum absolute atomic E-state index is 0.0540. The summed E-state index contributed by atoms with van der Waals surface area (Å²) in [5.74, 6) is 3.35. The first-order chi connectivity index (χ1) is 28.0. The van der Waals surface area contributed by atoms with Gasteiger partial charge in [0.05, 0.1) is 5.69 Å². The van der Waals surface area contributed by atoms with Crippen molar-refractivity contribution < 1.29 is 0 Å². The first-order valence-corrected chi connectivity index (χ1v) is 22.5. The van der Waals surface area contributed by atoms with Gasteiger partial charge in [0, 0.05) is 22.2 Å². The summed E-state index contributed by atoms with van der Waals surface area (Å²) in [5, 5.41) is 0. The van der Waals surface area contributed by atoms with E-state index in [0.29, 0.717) is 0 Å². The molecule has 1 spiro atoms. The maximum Gasteiger partial charge on any atom is 0.0502 e. The lowest BCUT2D eigenvalue weighted by molar-refractivity contribution is -0.0397. The molecule has 7 aliphatic carbocycles. The molecule has 58 heavy (non-hydrogen) atoms. The second kappa shape index (κ2) is 11.9. The minimum atomic E-state index is -0.0754. The minimum Gasteiger partial charge on any atom is -0.310 e. The summed E-state index contributed by atoms with van der Waals surface area (Å²) in [5.41, 5.74) is 21.7. The summed E-state index contributed by atoms with van der Waals surface area (Å²) in [6.07, 6.45) is 9.47. The van der Waals surface area contributed by atoms with Crippen LogP contribution in [0.5, 0.6) is 0 Å². The van der Waals surface area contributed by atoms with Gasteiger partial charge >= 0.3 is 0 Å². The molecule has 1 heteroatoms. The van der Waals surface area contributed by atoms with Crippen LogP contribution in [-0.2, 0) is 21.7 Å². The average molecular weight is 756 g/mol. The Morgan fingerprint density at radius 3 is 1.71 bits per heavy atom. The molecular weight excluding hydrogens is 699 g/mol. The van der Waals surface area contributed by atoms with Crippen LogP contribution >= 0.6 is 0 Å². The highest BCUT2D eigenvalue weighted by Crippen LogP contribution is 2.70. The van der Waals surface area contributed by atoms with E-state index in [2.05, 4.69) is 174 Å². The Bertz CT molecular complexity index is 2640. The Kier molecular flexibility index (Phi) is 7.18. The number of rotatable bonds is 4. The van der Waals surface area contributed by atoms with E-state index in [9.17, 15) is 0 Å². The molecule has 0 saturated heterocycles. The molecule has 4 saturated carbocycles. The molecule has 7 aliphatic rings. The number of benzene rings is 6. The molecule has 6 aromatic rings. The summed E-state index contributed by atoms with van der Waals surface area (Å²) >= 11 is 0. The summed E-state index contributed by atoms with van der Waals surface area (Å²) in [6, 6.07) is 50.1. The van der Waals surface area contributed by atoms with Gasteiger partial charge in [-0.1, -0.05) is 139 Å². The SMILES string of the molecule is CC1(C)CCC(C)(C)c2c(N(c3ccc(-c4cccc5c4C4(c6ccccc6-5)C5CC6CC(C5)CC4C6)cc3)c3ccc4c(c3)C(C)(C)c3ccccc3-4)cccc21. The van der Waals surface area contributed by atoms with E-state index >= 15 is 0 Å².